The molecule has 0 spiro atoms. The van der Waals surface area contributed by atoms with E-state index < -0.39 is 0 Å². The molecular formula is C19H30O4Si. The summed E-state index contributed by atoms with van der Waals surface area (Å²) in [6.45, 7) is 11.0. The third-order valence-electron chi connectivity index (χ3n) is 3.64. The van der Waals surface area contributed by atoms with Crippen LogP contribution in [0, 0.1) is 0 Å². The Hall–Kier alpha value is -1.75. The van der Waals surface area contributed by atoms with E-state index in [4.69, 9.17) is 14.2 Å². The SMILES string of the molecule is C=C(C)C(=O)OCCCCCc1ccc([SiH3])c(OCC)c1OCC. The van der Waals surface area contributed by atoms with Crippen LogP contribution in [-0.2, 0) is 16.0 Å². The molecule has 0 aliphatic rings. The van der Waals surface area contributed by atoms with Crippen LogP contribution in [-0.4, -0.2) is 36.0 Å². The molecule has 0 saturated heterocycles. The minimum Gasteiger partial charge on any atom is -0.490 e. The van der Waals surface area contributed by atoms with Gasteiger partial charge >= 0.3 is 5.97 Å². The van der Waals surface area contributed by atoms with Crippen molar-refractivity contribution in [3.8, 4) is 11.5 Å². The van der Waals surface area contributed by atoms with Gasteiger partial charge in [-0.2, -0.15) is 0 Å². The first-order chi connectivity index (χ1) is 11.5. The van der Waals surface area contributed by atoms with Gasteiger partial charge in [0.25, 0.3) is 0 Å². The minimum absolute atomic E-state index is 0.308. The second kappa shape index (κ2) is 10.9. The van der Waals surface area contributed by atoms with E-state index in [-0.39, 0.29) is 5.97 Å². The highest BCUT2D eigenvalue weighted by Gasteiger charge is 2.13. The number of carbonyl (C=O) groups excluding carboxylic acids is 1. The molecule has 0 fully saturated rings. The first kappa shape index (κ1) is 20.3. The fraction of sp³-hybridized carbons (Fsp3) is 0.526. The Morgan fingerprint density at radius 3 is 2.38 bits per heavy atom. The van der Waals surface area contributed by atoms with Crippen LogP contribution in [0.5, 0.6) is 11.5 Å². The van der Waals surface area contributed by atoms with E-state index in [0.717, 1.165) is 47.4 Å². The van der Waals surface area contributed by atoms with Crippen LogP contribution in [0.4, 0.5) is 0 Å². The molecule has 0 aromatic heterocycles. The van der Waals surface area contributed by atoms with Crippen molar-refractivity contribution in [3.63, 3.8) is 0 Å². The zero-order chi connectivity index (χ0) is 17.9. The molecular weight excluding hydrogens is 320 g/mol. The Labute approximate surface area is 148 Å². The molecule has 1 rings (SSSR count). The van der Waals surface area contributed by atoms with Crippen LogP contribution in [0.3, 0.4) is 0 Å². The zero-order valence-electron chi connectivity index (χ0n) is 15.4. The van der Waals surface area contributed by atoms with Gasteiger partial charge in [0.15, 0.2) is 11.5 Å². The van der Waals surface area contributed by atoms with E-state index in [1.165, 1.54) is 10.8 Å². The number of benzene rings is 1. The second-order valence-electron chi connectivity index (χ2n) is 5.79. The van der Waals surface area contributed by atoms with Crippen molar-refractivity contribution >= 4 is 21.4 Å². The average Bonchev–Trinajstić information content (AvgIpc) is 2.55. The average molecular weight is 351 g/mol. The molecule has 0 aliphatic heterocycles. The van der Waals surface area contributed by atoms with Crippen molar-refractivity contribution in [2.75, 3.05) is 19.8 Å². The van der Waals surface area contributed by atoms with Crippen molar-refractivity contribution in [1.82, 2.24) is 0 Å². The number of rotatable bonds is 11. The number of ether oxygens (including phenoxy) is 3. The van der Waals surface area contributed by atoms with Crippen molar-refractivity contribution in [1.29, 1.82) is 0 Å². The van der Waals surface area contributed by atoms with Gasteiger partial charge < -0.3 is 14.2 Å². The van der Waals surface area contributed by atoms with E-state index in [1.54, 1.807) is 6.92 Å². The van der Waals surface area contributed by atoms with Gasteiger partial charge in [-0.05, 0) is 57.2 Å². The summed E-state index contributed by atoms with van der Waals surface area (Å²) in [5.41, 5.74) is 1.64. The van der Waals surface area contributed by atoms with Crippen LogP contribution in [0.15, 0.2) is 24.3 Å². The normalized spacial score (nSPS) is 10.5. The number of aryl methyl sites for hydroxylation is 1. The molecule has 0 aliphatic carbocycles. The third kappa shape index (κ3) is 6.39. The zero-order valence-corrected chi connectivity index (χ0v) is 17.4. The molecule has 1 aromatic carbocycles. The van der Waals surface area contributed by atoms with E-state index in [2.05, 4.69) is 18.7 Å². The maximum Gasteiger partial charge on any atom is 0.333 e. The van der Waals surface area contributed by atoms with Crippen molar-refractivity contribution < 1.29 is 19.0 Å². The number of carbonyl (C=O) groups is 1. The fourth-order valence-electron chi connectivity index (χ4n) is 2.41. The number of hydrogen-bond acceptors (Lipinski definition) is 4. The standard InChI is InChI=1S/C19H30O4Si/c1-5-21-17-15(11-12-16(24)18(17)22-6-2)10-8-7-9-13-23-19(20)14(3)4/h11-12H,3,5-10,13H2,1-2,4,24H3. The topological polar surface area (TPSA) is 44.8 Å². The maximum atomic E-state index is 11.3. The predicted octanol–water partition coefficient (Wildman–Crippen LogP) is 2.31. The molecule has 0 saturated carbocycles. The van der Waals surface area contributed by atoms with Crippen molar-refractivity contribution in [2.24, 2.45) is 0 Å². The highest BCUT2D eigenvalue weighted by Crippen LogP contribution is 2.30. The van der Waals surface area contributed by atoms with E-state index in [9.17, 15) is 4.79 Å². The van der Waals surface area contributed by atoms with Crippen molar-refractivity contribution in [2.45, 2.75) is 46.5 Å². The Bertz CT molecular complexity index is 555. The monoisotopic (exact) mass is 350 g/mol. The highest BCUT2D eigenvalue weighted by molar-refractivity contribution is 6.34. The highest BCUT2D eigenvalue weighted by atomic mass is 28.1. The van der Waals surface area contributed by atoms with E-state index in [1.807, 2.05) is 13.8 Å². The fourth-order valence-corrected chi connectivity index (χ4v) is 2.95. The summed E-state index contributed by atoms with van der Waals surface area (Å²) >= 11 is 0. The van der Waals surface area contributed by atoms with Crippen LogP contribution < -0.4 is 14.7 Å². The van der Waals surface area contributed by atoms with E-state index >= 15 is 0 Å². The Morgan fingerprint density at radius 2 is 1.75 bits per heavy atom. The molecule has 0 bridgehead atoms. The van der Waals surface area contributed by atoms with Crippen LogP contribution in [0.25, 0.3) is 0 Å². The van der Waals surface area contributed by atoms with Gasteiger partial charge in [-0.3, -0.25) is 0 Å². The Balaban J connectivity index is 2.54. The summed E-state index contributed by atoms with van der Waals surface area (Å²) in [5.74, 6) is 1.51. The Kier molecular flexibility index (Phi) is 9.23. The molecule has 0 atom stereocenters. The van der Waals surface area contributed by atoms with Crippen molar-refractivity contribution in [3.05, 3.63) is 29.8 Å². The molecule has 0 heterocycles. The van der Waals surface area contributed by atoms with E-state index in [0.29, 0.717) is 25.4 Å². The molecule has 0 amide bonds. The van der Waals surface area contributed by atoms with Crippen LogP contribution >= 0.6 is 0 Å². The summed E-state index contributed by atoms with van der Waals surface area (Å²) in [4.78, 5) is 11.3. The predicted molar refractivity (Wildman–Crippen MR) is 102 cm³/mol. The third-order valence-corrected chi connectivity index (χ3v) is 4.43. The van der Waals surface area contributed by atoms with Crippen LogP contribution in [0.2, 0.25) is 0 Å². The quantitative estimate of drug-likeness (QED) is 0.266. The molecule has 24 heavy (non-hydrogen) atoms. The molecule has 4 nitrogen and oxygen atoms in total. The van der Waals surface area contributed by atoms with Gasteiger partial charge in [-0.1, -0.05) is 18.7 Å². The molecule has 0 radical (unpaired) electrons. The summed E-state index contributed by atoms with van der Waals surface area (Å²) in [6.07, 6.45) is 3.82. The smallest absolute Gasteiger partial charge is 0.333 e. The number of hydrogen-bond donors (Lipinski definition) is 0. The van der Waals surface area contributed by atoms with Gasteiger partial charge in [0.1, 0.15) is 0 Å². The lowest BCUT2D eigenvalue weighted by Gasteiger charge is -2.17. The molecule has 0 unspecified atom stereocenters. The van der Waals surface area contributed by atoms with Gasteiger partial charge in [-0.15, -0.1) is 0 Å². The summed E-state index contributed by atoms with van der Waals surface area (Å²) < 4.78 is 16.8. The molecule has 1 aromatic rings. The Morgan fingerprint density at radius 1 is 1.08 bits per heavy atom. The maximum absolute atomic E-state index is 11.3. The molecule has 5 heteroatoms. The summed E-state index contributed by atoms with van der Waals surface area (Å²) in [7, 11) is 0.935. The summed E-state index contributed by atoms with van der Waals surface area (Å²) in [6, 6.07) is 4.29. The van der Waals surface area contributed by atoms with Crippen LogP contribution in [0.1, 0.15) is 45.6 Å². The van der Waals surface area contributed by atoms with Gasteiger partial charge in [0.2, 0.25) is 0 Å². The molecule has 0 N–H and O–H groups in total. The van der Waals surface area contributed by atoms with Gasteiger partial charge in [0.05, 0.1) is 19.8 Å². The second-order valence-corrected chi connectivity index (χ2v) is 6.87. The first-order valence-electron chi connectivity index (χ1n) is 8.71. The first-order valence-corrected chi connectivity index (χ1v) is 9.71. The molecule has 134 valence electrons. The number of unbranched alkanes of at least 4 members (excludes halogenated alkanes) is 2. The lowest BCUT2D eigenvalue weighted by atomic mass is 10.1. The van der Waals surface area contributed by atoms with Gasteiger partial charge in [-0.25, -0.2) is 4.79 Å². The number of esters is 1. The lowest BCUT2D eigenvalue weighted by molar-refractivity contribution is -0.139. The summed E-state index contributed by atoms with van der Waals surface area (Å²) in [5, 5.41) is 1.23. The largest absolute Gasteiger partial charge is 0.490 e. The lowest BCUT2D eigenvalue weighted by Crippen LogP contribution is -2.13. The van der Waals surface area contributed by atoms with Gasteiger partial charge in [0, 0.05) is 15.8 Å². The minimum atomic E-state index is -0.308.